The van der Waals surface area contributed by atoms with Crippen LogP contribution in [0, 0.1) is 0 Å². The molecule has 0 saturated heterocycles. The van der Waals surface area contributed by atoms with E-state index < -0.39 is 18.3 Å². The first-order chi connectivity index (χ1) is 8.17. The molecular formula is C12H20BNO4. The maximum atomic E-state index is 10.0. The molecule has 1 heterocycles. The number of nitrogens with zero attached hydrogens (tertiary/aromatic N) is 1. The second-order valence-electron chi connectivity index (χ2n) is 5.20. The van der Waals surface area contributed by atoms with Crippen LogP contribution < -0.4 is 10.2 Å². The summed E-state index contributed by atoms with van der Waals surface area (Å²) in [6.45, 7) is 6.68. The van der Waals surface area contributed by atoms with Gasteiger partial charge in [0.15, 0.2) is 0 Å². The maximum Gasteiger partial charge on any atom is 0.493 e. The van der Waals surface area contributed by atoms with Gasteiger partial charge in [0.05, 0.1) is 24.5 Å². The first-order valence-electron chi connectivity index (χ1n) is 5.74. The van der Waals surface area contributed by atoms with Crippen LogP contribution in [0.4, 0.5) is 0 Å². The van der Waals surface area contributed by atoms with Crippen LogP contribution in [-0.4, -0.2) is 40.5 Å². The fourth-order valence-corrected chi connectivity index (χ4v) is 1.17. The largest absolute Gasteiger partial charge is 0.495 e. The molecule has 100 valence electrons. The molecule has 0 bridgehead atoms. The van der Waals surface area contributed by atoms with Crippen molar-refractivity contribution in [3.05, 3.63) is 18.5 Å². The van der Waals surface area contributed by atoms with Gasteiger partial charge in [-0.2, -0.15) is 0 Å². The van der Waals surface area contributed by atoms with E-state index in [1.54, 1.807) is 33.8 Å². The molecule has 0 amide bonds. The van der Waals surface area contributed by atoms with Gasteiger partial charge in [0, 0.05) is 11.7 Å². The quantitative estimate of drug-likeness (QED) is 0.740. The highest BCUT2D eigenvalue weighted by atomic mass is 16.5. The number of hydrogen-bond acceptors (Lipinski definition) is 5. The van der Waals surface area contributed by atoms with Crippen molar-refractivity contribution in [2.75, 3.05) is 7.11 Å². The van der Waals surface area contributed by atoms with Crippen molar-refractivity contribution >= 4 is 12.6 Å². The Bertz CT molecular complexity index is 403. The number of methoxy groups -OCH3 is 1. The van der Waals surface area contributed by atoms with Gasteiger partial charge in [-0.1, -0.05) is 0 Å². The lowest BCUT2D eigenvalue weighted by atomic mass is 9.77. The average molecular weight is 253 g/mol. The molecule has 0 atom stereocenters. The van der Waals surface area contributed by atoms with Gasteiger partial charge in [0.1, 0.15) is 5.75 Å². The molecule has 0 radical (unpaired) electrons. The lowest BCUT2D eigenvalue weighted by Crippen LogP contribution is -2.53. The van der Waals surface area contributed by atoms with Crippen LogP contribution in [0.5, 0.6) is 5.75 Å². The molecule has 1 rings (SSSR count). The third-order valence-corrected chi connectivity index (χ3v) is 3.13. The summed E-state index contributed by atoms with van der Waals surface area (Å²) in [5, 5.41) is 20.0. The fourth-order valence-electron chi connectivity index (χ4n) is 1.17. The van der Waals surface area contributed by atoms with Gasteiger partial charge in [-0.3, -0.25) is 4.98 Å². The third kappa shape index (κ3) is 3.44. The van der Waals surface area contributed by atoms with Crippen molar-refractivity contribution in [2.45, 2.75) is 38.9 Å². The molecule has 1 aromatic rings. The van der Waals surface area contributed by atoms with E-state index in [9.17, 15) is 10.1 Å². The van der Waals surface area contributed by atoms with Gasteiger partial charge < -0.3 is 19.5 Å². The Kier molecular flexibility index (Phi) is 4.37. The number of aliphatic hydroxyl groups is 1. The zero-order chi connectivity index (χ0) is 14.0. The molecule has 0 aromatic carbocycles. The topological polar surface area (TPSA) is 71.8 Å². The number of hydrogen-bond donors (Lipinski definition) is 2. The molecule has 0 fully saturated rings. The predicted octanol–water partition coefficient (Wildman–Crippen LogP) is 0.344. The molecule has 0 spiro atoms. The van der Waals surface area contributed by atoms with Crippen molar-refractivity contribution in [1.29, 1.82) is 0 Å². The van der Waals surface area contributed by atoms with Gasteiger partial charge in [0.2, 0.25) is 0 Å². The van der Waals surface area contributed by atoms with Gasteiger partial charge in [0.25, 0.3) is 0 Å². The first-order valence-corrected chi connectivity index (χ1v) is 5.74. The molecule has 0 saturated carbocycles. The summed E-state index contributed by atoms with van der Waals surface area (Å²) in [6.07, 6.45) is 3.03. The van der Waals surface area contributed by atoms with E-state index in [2.05, 4.69) is 4.98 Å². The molecule has 1 aromatic heterocycles. The summed E-state index contributed by atoms with van der Waals surface area (Å²) in [4.78, 5) is 3.94. The van der Waals surface area contributed by atoms with Crippen molar-refractivity contribution in [1.82, 2.24) is 4.98 Å². The van der Waals surface area contributed by atoms with Crippen LogP contribution in [-0.2, 0) is 4.65 Å². The fraction of sp³-hybridized carbons (Fsp3) is 0.583. The Hall–Kier alpha value is -1.11. The lowest BCUT2D eigenvalue weighted by Gasteiger charge is -2.38. The SMILES string of the molecule is COc1cncc(B(O)OC(C)(C)C(C)(C)O)c1. The Morgan fingerprint density at radius 1 is 1.22 bits per heavy atom. The lowest BCUT2D eigenvalue weighted by molar-refractivity contribution is -0.0982. The average Bonchev–Trinajstić information content (AvgIpc) is 2.27. The maximum absolute atomic E-state index is 10.0. The van der Waals surface area contributed by atoms with Gasteiger partial charge in [-0.15, -0.1) is 0 Å². The molecule has 18 heavy (non-hydrogen) atoms. The molecule has 0 aliphatic rings. The van der Waals surface area contributed by atoms with E-state index in [0.29, 0.717) is 11.2 Å². The Morgan fingerprint density at radius 2 is 1.83 bits per heavy atom. The summed E-state index contributed by atoms with van der Waals surface area (Å²) in [7, 11) is 0.350. The summed E-state index contributed by atoms with van der Waals surface area (Å²) in [6, 6.07) is 1.64. The molecule has 6 heteroatoms. The second kappa shape index (κ2) is 5.26. The van der Waals surface area contributed by atoms with Crippen molar-refractivity contribution in [2.24, 2.45) is 0 Å². The van der Waals surface area contributed by atoms with E-state index >= 15 is 0 Å². The van der Waals surface area contributed by atoms with Crippen molar-refractivity contribution < 1.29 is 19.5 Å². The van der Waals surface area contributed by atoms with Gasteiger partial charge in [-0.25, -0.2) is 0 Å². The minimum Gasteiger partial charge on any atom is -0.495 e. The van der Waals surface area contributed by atoms with Crippen LogP contribution in [0.3, 0.4) is 0 Å². The van der Waals surface area contributed by atoms with Crippen molar-refractivity contribution in [3.8, 4) is 5.75 Å². The number of aromatic nitrogens is 1. The van der Waals surface area contributed by atoms with E-state index in [-0.39, 0.29) is 0 Å². The summed E-state index contributed by atoms with van der Waals surface area (Å²) < 4.78 is 10.5. The highest BCUT2D eigenvalue weighted by Crippen LogP contribution is 2.25. The van der Waals surface area contributed by atoms with Crippen molar-refractivity contribution in [3.63, 3.8) is 0 Å². The van der Waals surface area contributed by atoms with Gasteiger partial charge in [-0.05, 0) is 33.8 Å². The number of ether oxygens (including phenoxy) is 1. The normalized spacial score (nSPS) is 12.4. The highest BCUT2D eigenvalue weighted by Gasteiger charge is 2.39. The zero-order valence-corrected chi connectivity index (χ0v) is 11.5. The summed E-state index contributed by atoms with van der Waals surface area (Å²) in [5.74, 6) is 0.538. The standard InChI is InChI=1S/C12H20BNO4/c1-11(2,15)12(3,4)18-13(16)9-6-10(17-5)8-14-7-9/h6-8,15-16H,1-5H3. The number of pyridine rings is 1. The van der Waals surface area contributed by atoms with Crippen LogP contribution in [0.25, 0.3) is 0 Å². The number of rotatable bonds is 5. The molecule has 0 unspecified atom stereocenters. The van der Waals surface area contributed by atoms with E-state index in [0.717, 1.165) is 0 Å². The predicted molar refractivity (Wildman–Crippen MR) is 69.9 cm³/mol. The molecule has 5 nitrogen and oxygen atoms in total. The summed E-state index contributed by atoms with van der Waals surface area (Å²) >= 11 is 0. The minimum atomic E-state index is -1.17. The monoisotopic (exact) mass is 253 g/mol. The van der Waals surface area contributed by atoms with E-state index in [1.165, 1.54) is 19.5 Å². The van der Waals surface area contributed by atoms with Crippen LogP contribution in [0.2, 0.25) is 0 Å². The third-order valence-electron chi connectivity index (χ3n) is 3.13. The van der Waals surface area contributed by atoms with Gasteiger partial charge >= 0.3 is 7.12 Å². The Labute approximate surface area is 108 Å². The Morgan fingerprint density at radius 3 is 2.33 bits per heavy atom. The first kappa shape index (κ1) is 15.0. The van der Waals surface area contributed by atoms with Crippen LogP contribution >= 0.6 is 0 Å². The highest BCUT2D eigenvalue weighted by molar-refractivity contribution is 6.60. The smallest absolute Gasteiger partial charge is 0.493 e. The molecule has 0 aliphatic carbocycles. The molecule has 2 N–H and O–H groups in total. The Balaban J connectivity index is 2.85. The van der Waals surface area contributed by atoms with E-state index in [4.69, 9.17) is 9.39 Å². The van der Waals surface area contributed by atoms with Crippen LogP contribution in [0.15, 0.2) is 18.5 Å². The molecule has 0 aliphatic heterocycles. The second-order valence-corrected chi connectivity index (χ2v) is 5.20. The molecular weight excluding hydrogens is 233 g/mol. The minimum absolute atomic E-state index is 0.478. The van der Waals surface area contributed by atoms with E-state index in [1.807, 2.05) is 0 Å². The summed E-state index contributed by atoms with van der Waals surface area (Å²) in [5.41, 5.74) is -1.51. The zero-order valence-electron chi connectivity index (χ0n) is 11.5. The van der Waals surface area contributed by atoms with Crippen LogP contribution in [0.1, 0.15) is 27.7 Å².